The molecule has 0 saturated carbocycles. The van der Waals surface area contributed by atoms with E-state index in [1.807, 2.05) is 54.6 Å². The van der Waals surface area contributed by atoms with Crippen molar-refractivity contribution in [3.63, 3.8) is 0 Å². The summed E-state index contributed by atoms with van der Waals surface area (Å²) in [6.07, 6.45) is 1.53. The van der Waals surface area contributed by atoms with Gasteiger partial charge < -0.3 is 15.0 Å². The quantitative estimate of drug-likeness (QED) is 0.158. The Kier molecular flexibility index (Phi) is 8.01. The van der Waals surface area contributed by atoms with E-state index in [0.29, 0.717) is 28.3 Å². The Morgan fingerprint density at radius 3 is 2.19 bits per heavy atom. The Labute approximate surface area is 235 Å². The smallest absolute Gasteiger partial charge is 0.744 e. The fourth-order valence-electron chi connectivity index (χ4n) is 3.74. The molecule has 0 radical (unpaired) electrons. The summed E-state index contributed by atoms with van der Waals surface area (Å²) in [7, 11) is -4.75. The molecule has 0 aliphatic rings. The van der Waals surface area contributed by atoms with Crippen LogP contribution in [0, 0.1) is 0 Å². The fourth-order valence-corrected chi connectivity index (χ4v) is 4.44. The Morgan fingerprint density at radius 2 is 1.49 bits per heavy atom. The van der Waals surface area contributed by atoms with Crippen LogP contribution in [0.5, 0.6) is 11.5 Å². The molecule has 4 aromatic carbocycles. The second-order valence-electron chi connectivity index (χ2n) is 7.82. The molecule has 0 unspecified atom stereocenters. The number of hydrogen-bond donors (Lipinski definition) is 1. The number of aromatic nitrogens is 1. The van der Waals surface area contributed by atoms with E-state index >= 15 is 0 Å². The first kappa shape index (κ1) is 26.5. The predicted octanol–water partition coefficient (Wildman–Crippen LogP) is 3.60. The number of nitrogens with two attached hydrogens (primary N) is 1. The summed E-state index contributed by atoms with van der Waals surface area (Å²) in [4.78, 5) is 4.08. The van der Waals surface area contributed by atoms with Gasteiger partial charge in [-0.05, 0) is 42.5 Å². The molecule has 0 aliphatic heterocycles. The molecule has 37 heavy (non-hydrogen) atoms. The second kappa shape index (κ2) is 11.2. The number of azo groups is 1. The summed E-state index contributed by atoms with van der Waals surface area (Å²) < 4.78 is 41.4. The average Bonchev–Trinajstić information content (AvgIpc) is 2.89. The molecule has 10 heteroatoms. The minimum Gasteiger partial charge on any atom is -0.744 e. The number of fused-ring (bicyclic) bond motifs is 1. The van der Waals surface area contributed by atoms with Gasteiger partial charge in [0.1, 0.15) is 33.0 Å². The van der Waals surface area contributed by atoms with Gasteiger partial charge in [0.05, 0.1) is 22.5 Å². The number of nitrogens with zero attached hydrogens (tertiary/aromatic N) is 3. The summed E-state index contributed by atoms with van der Waals surface area (Å²) in [5.74, 6) is 1.36. The van der Waals surface area contributed by atoms with E-state index in [0.717, 1.165) is 11.6 Å². The molecule has 0 bridgehead atoms. The van der Waals surface area contributed by atoms with Crippen molar-refractivity contribution in [2.45, 2.75) is 4.90 Å². The Bertz CT molecular complexity index is 1690. The number of ether oxygens (including phenoxy) is 1. The fraction of sp³-hybridized carbons (Fsp3) is 0. The number of benzene rings is 4. The molecule has 0 saturated heterocycles. The molecule has 0 spiro atoms. The van der Waals surface area contributed by atoms with Crippen LogP contribution in [-0.4, -0.2) is 18.0 Å². The van der Waals surface area contributed by atoms with E-state index < -0.39 is 15.0 Å². The summed E-state index contributed by atoms with van der Waals surface area (Å²) in [5.41, 5.74) is 8.38. The standard InChI is InChI=1S/C27H20N4O4S.Na/c28-27-21-11-5-4-10-20(21)26(36(32,33)34)16-24(27)31-30-18-14-15-23(29-17-18)22-12-6-7-13-25(22)35-19-8-2-1-3-9-19;/h1-17H,28H2,(H,32,33,34);/q;+1/p-1. The van der Waals surface area contributed by atoms with Crippen LogP contribution in [0.4, 0.5) is 17.1 Å². The van der Waals surface area contributed by atoms with Gasteiger partial charge in [0.2, 0.25) is 0 Å². The minimum atomic E-state index is -4.75. The van der Waals surface area contributed by atoms with Crippen molar-refractivity contribution in [2.75, 3.05) is 5.73 Å². The SMILES string of the molecule is Nc1c(N=Nc2ccc(-c3ccccc3Oc3ccccc3)nc2)cc(S(=O)(=O)[O-])c2ccccc12.[Na+]. The second-order valence-corrected chi connectivity index (χ2v) is 9.17. The molecule has 0 amide bonds. The molecule has 0 fully saturated rings. The van der Waals surface area contributed by atoms with Crippen LogP contribution < -0.4 is 40.0 Å². The van der Waals surface area contributed by atoms with E-state index in [1.165, 1.54) is 12.3 Å². The third-order valence-corrected chi connectivity index (χ3v) is 6.33. The van der Waals surface area contributed by atoms with Crippen molar-refractivity contribution < 1.29 is 47.3 Å². The summed E-state index contributed by atoms with van der Waals surface area (Å²) in [5, 5.41) is 8.91. The van der Waals surface area contributed by atoms with Crippen LogP contribution in [0.1, 0.15) is 0 Å². The Morgan fingerprint density at radius 1 is 0.811 bits per heavy atom. The van der Waals surface area contributed by atoms with Gasteiger partial charge in [-0.2, -0.15) is 0 Å². The van der Waals surface area contributed by atoms with Crippen molar-refractivity contribution in [1.29, 1.82) is 0 Å². The van der Waals surface area contributed by atoms with Crippen LogP contribution in [0.2, 0.25) is 0 Å². The number of pyridine rings is 1. The van der Waals surface area contributed by atoms with Gasteiger partial charge in [-0.1, -0.05) is 54.6 Å². The molecule has 178 valence electrons. The zero-order valence-corrected chi connectivity index (χ0v) is 22.6. The van der Waals surface area contributed by atoms with Gasteiger partial charge in [-0.3, -0.25) is 4.98 Å². The van der Waals surface area contributed by atoms with Crippen molar-refractivity contribution in [3.8, 4) is 22.8 Å². The van der Waals surface area contributed by atoms with E-state index in [2.05, 4.69) is 15.2 Å². The average molecular weight is 519 g/mol. The molecule has 0 atom stereocenters. The van der Waals surface area contributed by atoms with Crippen LogP contribution >= 0.6 is 0 Å². The zero-order valence-electron chi connectivity index (χ0n) is 19.8. The minimum absolute atomic E-state index is 0. The molecule has 5 aromatic rings. The van der Waals surface area contributed by atoms with Gasteiger partial charge in [0, 0.05) is 16.3 Å². The van der Waals surface area contributed by atoms with Gasteiger partial charge in [-0.15, -0.1) is 10.2 Å². The molecule has 1 aromatic heterocycles. The maximum Gasteiger partial charge on any atom is 1.00 e. The largest absolute Gasteiger partial charge is 1.00 e. The van der Waals surface area contributed by atoms with Crippen molar-refractivity contribution in [2.24, 2.45) is 10.2 Å². The molecular formula is C27H19N4NaO4S. The Hall–Kier alpha value is -3.60. The van der Waals surface area contributed by atoms with E-state index in [9.17, 15) is 13.0 Å². The maximum absolute atomic E-state index is 11.8. The van der Waals surface area contributed by atoms with Crippen molar-refractivity contribution in [3.05, 3.63) is 103 Å². The molecule has 8 nitrogen and oxygen atoms in total. The van der Waals surface area contributed by atoms with Crippen LogP contribution in [0.3, 0.4) is 0 Å². The van der Waals surface area contributed by atoms with Crippen LogP contribution in [-0.2, 0) is 10.1 Å². The van der Waals surface area contributed by atoms with Crippen LogP contribution in [0.25, 0.3) is 22.0 Å². The number of hydrogen-bond acceptors (Lipinski definition) is 8. The number of para-hydroxylation sites is 2. The third kappa shape index (κ3) is 5.87. The summed E-state index contributed by atoms with van der Waals surface area (Å²) >= 11 is 0. The third-order valence-electron chi connectivity index (χ3n) is 5.45. The van der Waals surface area contributed by atoms with Crippen molar-refractivity contribution >= 4 is 38.0 Å². The predicted molar refractivity (Wildman–Crippen MR) is 137 cm³/mol. The van der Waals surface area contributed by atoms with Gasteiger partial charge in [0.25, 0.3) is 0 Å². The Balaban J connectivity index is 0.00000320. The van der Waals surface area contributed by atoms with E-state index in [-0.39, 0.29) is 46.3 Å². The molecular weight excluding hydrogens is 499 g/mol. The van der Waals surface area contributed by atoms with E-state index in [1.54, 1.807) is 30.3 Å². The summed E-state index contributed by atoms with van der Waals surface area (Å²) in [6.45, 7) is 0. The molecule has 2 N–H and O–H groups in total. The number of rotatable bonds is 6. The van der Waals surface area contributed by atoms with Gasteiger partial charge in [-0.25, -0.2) is 8.42 Å². The van der Waals surface area contributed by atoms with E-state index in [4.69, 9.17) is 10.5 Å². The molecule has 1 heterocycles. The zero-order chi connectivity index (χ0) is 25.1. The normalized spacial score (nSPS) is 11.4. The first-order valence-electron chi connectivity index (χ1n) is 10.9. The number of anilines is 1. The van der Waals surface area contributed by atoms with Gasteiger partial charge >= 0.3 is 29.6 Å². The van der Waals surface area contributed by atoms with Crippen molar-refractivity contribution in [1.82, 2.24) is 4.98 Å². The number of nitrogen functional groups attached to an aromatic ring is 1. The monoisotopic (exact) mass is 518 g/mol. The first-order valence-corrected chi connectivity index (χ1v) is 12.3. The topological polar surface area (TPSA) is 130 Å². The maximum atomic E-state index is 11.8. The first-order chi connectivity index (χ1) is 17.4. The van der Waals surface area contributed by atoms with Gasteiger partial charge in [0.15, 0.2) is 0 Å². The molecule has 5 rings (SSSR count). The van der Waals surface area contributed by atoms with Crippen LogP contribution in [0.15, 0.2) is 118 Å². The summed E-state index contributed by atoms with van der Waals surface area (Å²) in [6, 6.07) is 28.1. The molecule has 0 aliphatic carbocycles.